The second kappa shape index (κ2) is 6.66. The van der Waals surface area contributed by atoms with E-state index < -0.39 is 12.1 Å². The molecule has 1 saturated heterocycles. The maximum Gasteiger partial charge on any atom is 0.325 e. The minimum absolute atomic E-state index is 0.165. The number of carbonyl (C=O) groups excluding carboxylic acids is 2. The number of nitrogens with zero attached hydrogens (tertiary/aromatic N) is 5. The highest BCUT2D eigenvalue weighted by atomic mass is 16.5. The van der Waals surface area contributed by atoms with E-state index >= 15 is 0 Å². The van der Waals surface area contributed by atoms with Crippen LogP contribution in [0.1, 0.15) is 49.5 Å². The Bertz CT molecular complexity index is 794. The molecule has 0 aliphatic carbocycles. The van der Waals surface area contributed by atoms with Crippen LogP contribution < -0.4 is 5.32 Å². The van der Waals surface area contributed by atoms with E-state index in [9.17, 15) is 9.59 Å². The van der Waals surface area contributed by atoms with Gasteiger partial charge in [-0.05, 0) is 27.2 Å². The molecule has 1 N–H and O–H groups in total. The number of rotatable bonds is 6. The zero-order chi connectivity index (χ0) is 18.1. The minimum atomic E-state index is -0.630. The molecule has 134 valence electrons. The predicted molar refractivity (Wildman–Crippen MR) is 87.6 cm³/mol. The van der Waals surface area contributed by atoms with Gasteiger partial charge >= 0.3 is 6.03 Å². The molecule has 2 aromatic rings. The molecule has 0 unspecified atom stereocenters. The van der Waals surface area contributed by atoms with E-state index in [4.69, 9.17) is 4.52 Å². The number of hydrogen-bond donors (Lipinski definition) is 1. The predicted octanol–water partition coefficient (Wildman–Crippen LogP) is 1.38. The molecule has 2 aromatic heterocycles. The maximum absolute atomic E-state index is 12.6. The van der Waals surface area contributed by atoms with Gasteiger partial charge in [-0.15, -0.1) is 5.10 Å². The third-order valence-electron chi connectivity index (χ3n) is 4.32. The Balaban J connectivity index is 1.72. The molecule has 1 aliphatic heterocycles. The first kappa shape index (κ1) is 17.1. The van der Waals surface area contributed by atoms with Crippen molar-refractivity contribution in [2.24, 2.45) is 0 Å². The average Bonchev–Trinajstić information content (AvgIpc) is 3.24. The summed E-state index contributed by atoms with van der Waals surface area (Å²) in [6.07, 6.45) is 2.79. The van der Waals surface area contributed by atoms with Crippen LogP contribution in [0, 0.1) is 6.92 Å². The highest BCUT2D eigenvalue weighted by Gasteiger charge is 2.39. The topological polar surface area (TPSA) is 106 Å². The van der Waals surface area contributed by atoms with Crippen molar-refractivity contribution >= 4 is 11.9 Å². The number of aromatic nitrogens is 4. The summed E-state index contributed by atoms with van der Waals surface area (Å²) in [7, 11) is 0. The largest absolute Gasteiger partial charge is 0.361 e. The van der Waals surface area contributed by atoms with E-state index in [2.05, 4.69) is 20.8 Å². The Morgan fingerprint density at radius 2 is 2.12 bits per heavy atom. The van der Waals surface area contributed by atoms with Gasteiger partial charge in [0.15, 0.2) is 0 Å². The maximum atomic E-state index is 12.6. The van der Waals surface area contributed by atoms with Crippen LogP contribution in [0.4, 0.5) is 4.79 Å². The van der Waals surface area contributed by atoms with Crippen LogP contribution in [-0.4, -0.2) is 43.0 Å². The van der Waals surface area contributed by atoms with Crippen LogP contribution in [0.2, 0.25) is 0 Å². The molecule has 25 heavy (non-hydrogen) atoms. The molecule has 0 aromatic carbocycles. The number of aryl methyl sites for hydroxylation is 2. The molecule has 3 amide bonds. The molecule has 0 bridgehead atoms. The lowest BCUT2D eigenvalue weighted by Crippen LogP contribution is -2.32. The first-order valence-corrected chi connectivity index (χ1v) is 8.37. The molecule has 1 fully saturated rings. The summed E-state index contributed by atoms with van der Waals surface area (Å²) >= 11 is 0. The fraction of sp³-hybridized carbons (Fsp3) is 0.562. The Hall–Kier alpha value is -2.71. The van der Waals surface area contributed by atoms with Crippen LogP contribution >= 0.6 is 0 Å². The number of carbonyl (C=O) groups is 2. The summed E-state index contributed by atoms with van der Waals surface area (Å²) in [6.45, 7) is 7.89. The van der Waals surface area contributed by atoms with Gasteiger partial charge in [0.25, 0.3) is 5.91 Å². The summed E-state index contributed by atoms with van der Waals surface area (Å²) in [6, 6.07) is -0.848. The van der Waals surface area contributed by atoms with Crippen LogP contribution in [-0.2, 0) is 24.2 Å². The molecule has 0 radical (unpaired) electrons. The van der Waals surface area contributed by atoms with Crippen LogP contribution in [0.15, 0.2) is 10.7 Å². The first-order chi connectivity index (χ1) is 11.9. The third kappa shape index (κ3) is 3.26. The molecule has 1 aliphatic rings. The van der Waals surface area contributed by atoms with Gasteiger partial charge in [0.2, 0.25) is 0 Å². The first-order valence-electron chi connectivity index (χ1n) is 8.37. The zero-order valence-electron chi connectivity index (χ0n) is 14.8. The molecule has 9 nitrogen and oxygen atoms in total. The van der Waals surface area contributed by atoms with Crippen molar-refractivity contribution in [1.29, 1.82) is 0 Å². The smallest absolute Gasteiger partial charge is 0.325 e. The Kier molecular flexibility index (Phi) is 4.56. The highest BCUT2D eigenvalue weighted by molar-refractivity contribution is 6.04. The summed E-state index contributed by atoms with van der Waals surface area (Å²) in [4.78, 5) is 26.1. The average molecular weight is 346 g/mol. The van der Waals surface area contributed by atoms with Crippen LogP contribution in [0.3, 0.4) is 0 Å². The number of urea groups is 1. The van der Waals surface area contributed by atoms with Gasteiger partial charge in [0, 0.05) is 24.2 Å². The summed E-state index contributed by atoms with van der Waals surface area (Å²) in [5, 5.41) is 14.8. The van der Waals surface area contributed by atoms with E-state index in [1.54, 1.807) is 17.8 Å². The van der Waals surface area contributed by atoms with Crippen molar-refractivity contribution in [2.75, 3.05) is 0 Å². The molecule has 3 rings (SSSR count). The lowest BCUT2D eigenvalue weighted by molar-refractivity contribution is -0.127. The van der Waals surface area contributed by atoms with Crippen molar-refractivity contribution in [1.82, 2.24) is 30.4 Å². The lowest BCUT2D eigenvalue weighted by atomic mass is 10.1. The van der Waals surface area contributed by atoms with E-state index in [0.29, 0.717) is 24.3 Å². The fourth-order valence-electron chi connectivity index (χ4n) is 2.81. The summed E-state index contributed by atoms with van der Waals surface area (Å²) in [5.74, 6) is 0.354. The van der Waals surface area contributed by atoms with Crippen LogP contribution in [0.25, 0.3) is 0 Å². The van der Waals surface area contributed by atoms with Gasteiger partial charge in [0.05, 0.1) is 17.9 Å². The van der Waals surface area contributed by atoms with Gasteiger partial charge in [-0.3, -0.25) is 9.69 Å². The van der Waals surface area contributed by atoms with E-state index in [0.717, 1.165) is 11.3 Å². The van der Waals surface area contributed by atoms with Crippen LogP contribution in [0.5, 0.6) is 0 Å². The van der Waals surface area contributed by atoms with Gasteiger partial charge in [-0.2, -0.15) is 0 Å². The van der Waals surface area contributed by atoms with Crippen molar-refractivity contribution in [2.45, 2.75) is 59.2 Å². The highest BCUT2D eigenvalue weighted by Crippen LogP contribution is 2.20. The summed E-state index contributed by atoms with van der Waals surface area (Å²) < 4.78 is 6.90. The van der Waals surface area contributed by atoms with Gasteiger partial charge in [0.1, 0.15) is 11.8 Å². The van der Waals surface area contributed by atoms with Crippen molar-refractivity contribution in [3.8, 4) is 0 Å². The molecule has 1 atom stereocenters. The normalized spacial score (nSPS) is 17.6. The van der Waals surface area contributed by atoms with Gasteiger partial charge in [-0.25, -0.2) is 9.48 Å². The Labute approximate surface area is 145 Å². The standard InChI is InChI=1S/C16H22N6O3/c1-5-13-12(10(4)25-19-13)8-21-15(23)14(17-16(21)24)6-11-7-22(9(2)3)20-18-11/h7,9,14H,5-6,8H2,1-4H3,(H,17,24)/t14-/m0/s1. The number of amides is 3. The Morgan fingerprint density at radius 1 is 1.36 bits per heavy atom. The van der Waals surface area contributed by atoms with E-state index in [-0.39, 0.29) is 18.5 Å². The van der Waals surface area contributed by atoms with Crippen molar-refractivity contribution < 1.29 is 14.1 Å². The quantitative estimate of drug-likeness (QED) is 0.792. The van der Waals surface area contributed by atoms with Gasteiger partial charge in [-0.1, -0.05) is 17.3 Å². The second-order valence-electron chi connectivity index (χ2n) is 6.43. The van der Waals surface area contributed by atoms with Crippen molar-refractivity contribution in [3.63, 3.8) is 0 Å². The lowest BCUT2D eigenvalue weighted by Gasteiger charge is -2.12. The number of hydrogen-bond acceptors (Lipinski definition) is 6. The summed E-state index contributed by atoms with van der Waals surface area (Å²) in [5.41, 5.74) is 2.23. The molecule has 0 saturated carbocycles. The number of nitrogens with one attached hydrogen (secondary N) is 1. The minimum Gasteiger partial charge on any atom is -0.361 e. The monoisotopic (exact) mass is 346 g/mol. The van der Waals surface area contributed by atoms with Gasteiger partial charge < -0.3 is 9.84 Å². The molecule has 0 spiro atoms. The number of imide groups is 1. The Morgan fingerprint density at radius 3 is 2.76 bits per heavy atom. The second-order valence-corrected chi connectivity index (χ2v) is 6.43. The molecular weight excluding hydrogens is 324 g/mol. The molecule has 9 heteroatoms. The molecule has 3 heterocycles. The molecular formula is C16H22N6O3. The van der Waals surface area contributed by atoms with E-state index in [1.165, 1.54) is 4.90 Å². The fourth-order valence-corrected chi connectivity index (χ4v) is 2.81. The van der Waals surface area contributed by atoms with Crippen molar-refractivity contribution in [3.05, 3.63) is 28.9 Å². The SMILES string of the molecule is CCc1noc(C)c1CN1C(=O)N[C@@H](Cc2cn(C(C)C)nn2)C1=O. The zero-order valence-corrected chi connectivity index (χ0v) is 14.8. The van der Waals surface area contributed by atoms with E-state index in [1.807, 2.05) is 20.8 Å². The third-order valence-corrected chi connectivity index (χ3v) is 4.32.